The Labute approximate surface area is 174 Å². The summed E-state index contributed by atoms with van der Waals surface area (Å²) in [6.07, 6.45) is 5.34. The second kappa shape index (κ2) is 10.3. The molecule has 0 saturated carbocycles. The third-order valence-corrected chi connectivity index (χ3v) is 4.83. The molecule has 4 nitrogen and oxygen atoms in total. The molecule has 3 rings (SSSR count). The van der Waals surface area contributed by atoms with Gasteiger partial charge in [0, 0.05) is 16.1 Å². The molecule has 0 radical (unpaired) electrons. The molecule has 0 aromatic heterocycles. The van der Waals surface area contributed by atoms with Crippen molar-refractivity contribution in [3.8, 4) is 5.75 Å². The van der Waals surface area contributed by atoms with E-state index >= 15 is 0 Å². The number of hydrogen-bond donors (Lipinski definition) is 1. The number of carbonyl (C=O) groups is 2. The molecule has 146 valence electrons. The second-order valence-corrected chi connectivity index (χ2v) is 7.08. The quantitative estimate of drug-likeness (QED) is 0.314. The zero-order chi connectivity index (χ0) is 20.5. The van der Waals surface area contributed by atoms with E-state index in [1.165, 1.54) is 11.0 Å². The number of benzene rings is 3. The van der Waals surface area contributed by atoms with E-state index in [1.54, 1.807) is 54.2 Å². The van der Waals surface area contributed by atoms with Gasteiger partial charge in [0.1, 0.15) is 5.75 Å². The number of carbonyl (C=O) groups excluding carboxylic acids is 2. The van der Waals surface area contributed by atoms with Crippen LogP contribution in [0.25, 0.3) is 6.08 Å². The highest BCUT2D eigenvalue weighted by molar-refractivity contribution is 7.98. The first-order valence-electron chi connectivity index (χ1n) is 9.08. The van der Waals surface area contributed by atoms with Gasteiger partial charge in [0.25, 0.3) is 5.91 Å². The minimum absolute atomic E-state index is 0.103. The Morgan fingerprint density at radius 1 is 0.966 bits per heavy atom. The van der Waals surface area contributed by atoms with Crippen LogP contribution in [0, 0.1) is 0 Å². The van der Waals surface area contributed by atoms with E-state index in [4.69, 9.17) is 4.74 Å². The summed E-state index contributed by atoms with van der Waals surface area (Å²) in [6, 6.07) is 24.0. The fourth-order valence-electron chi connectivity index (χ4n) is 2.60. The van der Waals surface area contributed by atoms with Crippen molar-refractivity contribution >= 4 is 35.2 Å². The average molecular weight is 404 g/mol. The first kappa shape index (κ1) is 20.4. The molecule has 0 aliphatic heterocycles. The Kier molecular flexibility index (Phi) is 7.25. The summed E-state index contributed by atoms with van der Waals surface area (Å²) in [4.78, 5) is 25.7. The molecule has 3 aromatic carbocycles. The van der Waals surface area contributed by atoms with Crippen LogP contribution in [0.1, 0.15) is 15.9 Å². The van der Waals surface area contributed by atoms with Crippen molar-refractivity contribution in [3.63, 3.8) is 0 Å². The maximum Gasteiger partial charge on any atom is 0.262 e. The van der Waals surface area contributed by atoms with Gasteiger partial charge in [0.15, 0.2) is 12.4 Å². The summed E-state index contributed by atoms with van der Waals surface area (Å²) in [5.74, 6) is 0.209. The van der Waals surface area contributed by atoms with Crippen molar-refractivity contribution in [1.29, 1.82) is 0 Å². The lowest BCUT2D eigenvalue weighted by Gasteiger charge is -2.08. The molecule has 0 aliphatic carbocycles. The molecule has 29 heavy (non-hydrogen) atoms. The molecule has 0 spiro atoms. The van der Waals surface area contributed by atoms with Crippen molar-refractivity contribution < 1.29 is 14.3 Å². The summed E-state index contributed by atoms with van der Waals surface area (Å²) in [7, 11) is 0. The number of ketones is 1. The Morgan fingerprint density at radius 3 is 2.45 bits per heavy atom. The van der Waals surface area contributed by atoms with Gasteiger partial charge in [-0.25, -0.2) is 0 Å². The largest absolute Gasteiger partial charge is 0.484 e. The third kappa shape index (κ3) is 6.36. The summed E-state index contributed by atoms with van der Waals surface area (Å²) in [6.45, 7) is -0.103. The van der Waals surface area contributed by atoms with Crippen molar-refractivity contribution in [2.75, 3.05) is 18.2 Å². The third-order valence-electron chi connectivity index (χ3n) is 4.09. The lowest BCUT2D eigenvalue weighted by molar-refractivity contribution is -0.118. The van der Waals surface area contributed by atoms with E-state index in [9.17, 15) is 9.59 Å². The first-order valence-corrected chi connectivity index (χ1v) is 10.3. The topological polar surface area (TPSA) is 55.4 Å². The highest BCUT2D eigenvalue weighted by Crippen LogP contribution is 2.17. The van der Waals surface area contributed by atoms with Gasteiger partial charge in [-0.3, -0.25) is 9.59 Å². The van der Waals surface area contributed by atoms with Crippen molar-refractivity contribution in [2.45, 2.75) is 4.90 Å². The number of rotatable bonds is 8. The summed E-state index contributed by atoms with van der Waals surface area (Å²) < 4.78 is 5.43. The maximum atomic E-state index is 12.5. The number of thioether (sulfide) groups is 1. The summed E-state index contributed by atoms with van der Waals surface area (Å²) >= 11 is 1.67. The highest BCUT2D eigenvalue weighted by atomic mass is 32.2. The molecular formula is C24H21NO3S. The first-order chi connectivity index (χ1) is 14.1. The van der Waals surface area contributed by atoms with Gasteiger partial charge >= 0.3 is 0 Å². The van der Waals surface area contributed by atoms with Gasteiger partial charge < -0.3 is 10.1 Å². The smallest absolute Gasteiger partial charge is 0.262 e. The standard InChI is InChI=1S/C24H21NO3S/c1-29-22-13-10-18(11-14-22)12-15-23(26)19-6-5-7-20(16-19)25-24(27)17-28-21-8-3-2-4-9-21/h2-16H,17H2,1H3,(H,25,27). The molecule has 0 saturated heterocycles. The van der Waals surface area contributed by atoms with Crippen LogP contribution < -0.4 is 10.1 Å². The molecule has 3 aromatic rings. The normalized spacial score (nSPS) is 10.7. The zero-order valence-electron chi connectivity index (χ0n) is 16.0. The monoisotopic (exact) mass is 403 g/mol. The number of allylic oxidation sites excluding steroid dienone is 1. The zero-order valence-corrected chi connectivity index (χ0v) is 16.8. The number of ether oxygens (including phenoxy) is 1. The minimum atomic E-state index is -0.289. The SMILES string of the molecule is CSc1ccc(C=CC(=O)c2cccc(NC(=O)COc3ccccc3)c2)cc1. The van der Waals surface area contributed by atoms with Crippen molar-refractivity contribution in [1.82, 2.24) is 0 Å². The molecule has 0 atom stereocenters. The van der Waals surface area contributed by atoms with Gasteiger partial charge in [-0.2, -0.15) is 0 Å². The van der Waals surface area contributed by atoms with Crippen LogP contribution in [-0.2, 0) is 4.79 Å². The van der Waals surface area contributed by atoms with Crippen LogP contribution in [0.3, 0.4) is 0 Å². The Bertz CT molecular complexity index is 998. The van der Waals surface area contributed by atoms with Gasteiger partial charge in [0.2, 0.25) is 0 Å². The molecular weight excluding hydrogens is 382 g/mol. The van der Waals surface area contributed by atoms with E-state index < -0.39 is 0 Å². The number of amides is 1. The van der Waals surface area contributed by atoms with Crippen molar-refractivity contribution in [3.05, 3.63) is 96.1 Å². The van der Waals surface area contributed by atoms with Gasteiger partial charge in [-0.1, -0.05) is 48.5 Å². The van der Waals surface area contributed by atoms with Crippen molar-refractivity contribution in [2.24, 2.45) is 0 Å². The molecule has 0 aliphatic rings. The van der Waals surface area contributed by atoms with E-state index in [1.807, 2.05) is 48.7 Å². The Hall–Kier alpha value is -3.31. The Morgan fingerprint density at radius 2 is 1.72 bits per heavy atom. The van der Waals surface area contributed by atoms with Gasteiger partial charge in [0.05, 0.1) is 0 Å². The van der Waals surface area contributed by atoms with E-state index in [0.717, 1.165) is 5.56 Å². The number of anilines is 1. The van der Waals surface area contributed by atoms with Gasteiger partial charge in [-0.05, 0) is 54.3 Å². The van der Waals surface area contributed by atoms with Crippen LogP contribution in [0.4, 0.5) is 5.69 Å². The summed E-state index contributed by atoms with van der Waals surface area (Å²) in [5.41, 5.74) is 2.01. The Balaban J connectivity index is 1.58. The van der Waals surface area contributed by atoms with Crippen LogP contribution in [0.2, 0.25) is 0 Å². The second-order valence-electron chi connectivity index (χ2n) is 6.20. The van der Waals surface area contributed by atoms with Gasteiger partial charge in [-0.15, -0.1) is 11.8 Å². The average Bonchev–Trinajstić information content (AvgIpc) is 2.77. The molecule has 1 N–H and O–H groups in total. The maximum absolute atomic E-state index is 12.5. The minimum Gasteiger partial charge on any atom is -0.484 e. The van der Waals surface area contributed by atoms with E-state index in [0.29, 0.717) is 17.0 Å². The molecule has 0 fully saturated rings. The lowest BCUT2D eigenvalue weighted by Crippen LogP contribution is -2.20. The summed E-state index contributed by atoms with van der Waals surface area (Å²) in [5, 5.41) is 2.75. The molecule has 0 bridgehead atoms. The van der Waals surface area contributed by atoms with Crippen LogP contribution in [0.15, 0.2) is 89.8 Å². The fourth-order valence-corrected chi connectivity index (χ4v) is 3.00. The van der Waals surface area contributed by atoms with Crippen LogP contribution in [-0.4, -0.2) is 24.6 Å². The molecule has 0 unspecified atom stereocenters. The van der Waals surface area contributed by atoms with Crippen LogP contribution >= 0.6 is 11.8 Å². The van der Waals surface area contributed by atoms with E-state index in [2.05, 4.69) is 5.32 Å². The van der Waals surface area contributed by atoms with Crippen LogP contribution in [0.5, 0.6) is 5.75 Å². The molecule has 1 amide bonds. The fraction of sp³-hybridized carbons (Fsp3) is 0.0833. The molecule has 0 heterocycles. The highest BCUT2D eigenvalue weighted by Gasteiger charge is 2.07. The number of nitrogens with one attached hydrogen (secondary N) is 1. The number of para-hydroxylation sites is 1. The molecule has 5 heteroatoms. The predicted molar refractivity (Wildman–Crippen MR) is 119 cm³/mol. The lowest BCUT2D eigenvalue weighted by atomic mass is 10.1. The van der Waals surface area contributed by atoms with E-state index in [-0.39, 0.29) is 18.3 Å². The predicted octanol–water partition coefficient (Wildman–Crippen LogP) is 5.32. The number of hydrogen-bond acceptors (Lipinski definition) is 4.